The van der Waals surface area contributed by atoms with E-state index in [1.807, 2.05) is 0 Å². The Morgan fingerprint density at radius 2 is 2.08 bits per heavy atom. The molecule has 1 rings (SSSR count). The van der Waals surface area contributed by atoms with Gasteiger partial charge in [-0.15, -0.1) is 0 Å². The zero-order valence-corrected chi connectivity index (χ0v) is 9.13. The summed E-state index contributed by atoms with van der Waals surface area (Å²) >= 11 is 0. The molecule has 1 fully saturated rings. The maximum Gasteiger partial charge on any atom is 0.0591 e. The van der Waals surface area contributed by atoms with Gasteiger partial charge < -0.3 is 4.74 Å². The highest BCUT2D eigenvalue weighted by molar-refractivity contribution is 4.90. The monoisotopic (exact) mass is 186 g/mol. The van der Waals surface area contributed by atoms with E-state index in [9.17, 15) is 0 Å². The van der Waals surface area contributed by atoms with Gasteiger partial charge in [-0.2, -0.15) is 0 Å². The Hall–Kier alpha value is -0.120. The molecular formula is C10H22N2O. The predicted molar refractivity (Wildman–Crippen MR) is 54.1 cm³/mol. The van der Waals surface area contributed by atoms with Crippen molar-refractivity contribution in [2.75, 3.05) is 6.61 Å². The minimum atomic E-state index is 0.196. The molecule has 13 heavy (non-hydrogen) atoms. The zero-order valence-electron chi connectivity index (χ0n) is 9.13. The average Bonchev–Trinajstić information content (AvgIpc) is 2.35. The summed E-state index contributed by atoms with van der Waals surface area (Å²) in [6.07, 6.45) is 1.45. The van der Waals surface area contributed by atoms with Gasteiger partial charge in [-0.3, -0.25) is 11.3 Å². The first-order valence-corrected chi connectivity index (χ1v) is 5.04. The largest absolute Gasteiger partial charge is 0.378 e. The fourth-order valence-corrected chi connectivity index (χ4v) is 2.20. The first kappa shape index (κ1) is 11.0. The molecule has 0 saturated carbocycles. The van der Waals surface area contributed by atoms with Gasteiger partial charge in [-0.25, -0.2) is 0 Å². The van der Waals surface area contributed by atoms with Gasteiger partial charge in [0.2, 0.25) is 0 Å². The lowest BCUT2D eigenvalue weighted by Crippen LogP contribution is -2.51. The SMILES string of the molecule is CC1OCCC1C(NN)C(C)(C)C. The first-order chi connectivity index (χ1) is 5.96. The second-order valence-corrected chi connectivity index (χ2v) is 5.04. The summed E-state index contributed by atoms with van der Waals surface area (Å²) in [7, 11) is 0. The lowest BCUT2D eigenvalue weighted by atomic mass is 9.77. The molecule has 1 heterocycles. The quantitative estimate of drug-likeness (QED) is 0.504. The zero-order chi connectivity index (χ0) is 10.1. The molecule has 3 unspecified atom stereocenters. The Balaban J connectivity index is 2.66. The van der Waals surface area contributed by atoms with Crippen molar-refractivity contribution in [3.05, 3.63) is 0 Å². The van der Waals surface area contributed by atoms with E-state index in [4.69, 9.17) is 10.6 Å². The van der Waals surface area contributed by atoms with Crippen LogP contribution in [0.5, 0.6) is 0 Å². The summed E-state index contributed by atoms with van der Waals surface area (Å²) in [5.74, 6) is 6.14. The van der Waals surface area contributed by atoms with Crippen LogP contribution in [0.15, 0.2) is 0 Å². The van der Waals surface area contributed by atoms with E-state index in [0.29, 0.717) is 18.1 Å². The van der Waals surface area contributed by atoms with E-state index in [-0.39, 0.29) is 5.41 Å². The molecule has 0 aromatic rings. The summed E-state index contributed by atoms with van der Waals surface area (Å²) in [6.45, 7) is 9.64. The van der Waals surface area contributed by atoms with Gasteiger partial charge in [-0.1, -0.05) is 20.8 Å². The summed E-state index contributed by atoms with van der Waals surface area (Å²) < 4.78 is 5.55. The van der Waals surface area contributed by atoms with Gasteiger partial charge >= 0.3 is 0 Å². The van der Waals surface area contributed by atoms with E-state index in [2.05, 4.69) is 33.1 Å². The Labute approximate surface area is 81.0 Å². The maximum atomic E-state index is 5.60. The number of hydrazine groups is 1. The predicted octanol–water partition coefficient (Wildman–Crippen LogP) is 1.29. The third kappa shape index (κ3) is 2.42. The van der Waals surface area contributed by atoms with Crippen LogP contribution < -0.4 is 11.3 Å². The standard InChI is InChI=1S/C10H22N2O/c1-7-8(5-6-13-7)9(12-11)10(2,3)4/h7-9,12H,5-6,11H2,1-4H3. The fraction of sp³-hybridized carbons (Fsp3) is 1.00. The Morgan fingerprint density at radius 3 is 2.38 bits per heavy atom. The molecule has 0 aromatic carbocycles. The van der Waals surface area contributed by atoms with Gasteiger partial charge in [0.15, 0.2) is 0 Å². The number of hydrogen-bond acceptors (Lipinski definition) is 3. The van der Waals surface area contributed by atoms with Crippen LogP contribution in [0.2, 0.25) is 0 Å². The smallest absolute Gasteiger partial charge is 0.0591 e. The molecule has 3 N–H and O–H groups in total. The van der Waals surface area contributed by atoms with E-state index in [1.54, 1.807) is 0 Å². The minimum Gasteiger partial charge on any atom is -0.378 e. The second-order valence-electron chi connectivity index (χ2n) is 5.04. The maximum absolute atomic E-state index is 5.60. The molecule has 0 radical (unpaired) electrons. The van der Waals surface area contributed by atoms with Crippen LogP contribution in [0.3, 0.4) is 0 Å². The van der Waals surface area contributed by atoms with Crippen molar-refractivity contribution in [1.82, 2.24) is 5.43 Å². The van der Waals surface area contributed by atoms with Crippen LogP contribution in [-0.2, 0) is 4.74 Å². The highest BCUT2D eigenvalue weighted by atomic mass is 16.5. The van der Waals surface area contributed by atoms with E-state index in [0.717, 1.165) is 13.0 Å². The first-order valence-electron chi connectivity index (χ1n) is 5.04. The number of hydrogen-bond donors (Lipinski definition) is 2. The van der Waals surface area contributed by atoms with E-state index >= 15 is 0 Å². The Kier molecular flexibility index (Phi) is 3.33. The van der Waals surface area contributed by atoms with Gasteiger partial charge in [0.05, 0.1) is 6.10 Å². The van der Waals surface area contributed by atoms with Crippen molar-refractivity contribution in [2.45, 2.75) is 46.3 Å². The number of nitrogens with one attached hydrogen (secondary N) is 1. The lowest BCUT2D eigenvalue weighted by Gasteiger charge is -2.36. The van der Waals surface area contributed by atoms with Crippen molar-refractivity contribution in [3.8, 4) is 0 Å². The number of rotatable bonds is 2. The van der Waals surface area contributed by atoms with Crippen molar-refractivity contribution in [3.63, 3.8) is 0 Å². The molecule has 0 bridgehead atoms. The molecule has 1 aliphatic heterocycles. The summed E-state index contributed by atoms with van der Waals surface area (Å²) in [6, 6.07) is 0.338. The van der Waals surface area contributed by atoms with Crippen LogP contribution in [0, 0.1) is 11.3 Å². The van der Waals surface area contributed by atoms with Crippen LogP contribution in [0.25, 0.3) is 0 Å². The molecule has 0 amide bonds. The van der Waals surface area contributed by atoms with E-state index in [1.165, 1.54) is 0 Å². The molecule has 1 saturated heterocycles. The van der Waals surface area contributed by atoms with Gasteiger partial charge in [0.25, 0.3) is 0 Å². The molecule has 3 nitrogen and oxygen atoms in total. The molecular weight excluding hydrogens is 164 g/mol. The Bertz CT molecular complexity index is 165. The average molecular weight is 186 g/mol. The van der Waals surface area contributed by atoms with Crippen LogP contribution in [-0.4, -0.2) is 18.8 Å². The molecule has 3 atom stereocenters. The van der Waals surface area contributed by atoms with Crippen molar-refractivity contribution in [2.24, 2.45) is 17.2 Å². The van der Waals surface area contributed by atoms with Crippen molar-refractivity contribution >= 4 is 0 Å². The molecule has 78 valence electrons. The van der Waals surface area contributed by atoms with Crippen molar-refractivity contribution in [1.29, 1.82) is 0 Å². The second kappa shape index (κ2) is 3.95. The van der Waals surface area contributed by atoms with Crippen LogP contribution in [0.4, 0.5) is 0 Å². The lowest BCUT2D eigenvalue weighted by molar-refractivity contribution is 0.0754. The molecule has 1 aliphatic rings. The number of ether oxygens (including phenoxy) is 1. The van der Waals surface area contributed by atoms with Crippen LogP contribution >= 0.6 is 0 Å². The topological polar surface area (TPSA) is 47.3 Å². The molecule has 0 aromatic heterocycles. The van der Waals surface area contributed by atoms with Gasteiger partial charge in [-0.05, 0) is 18.8 Å². The van der Waals surface area contributed by atoms with E-state index < -0.39 is 0 Å². The van der Waals surface area contributed by atoms with Crippen LogP contribution in [0.1, 0.15) is 34.1 Å². The highest BCUT2D eigenvalue weighted by Crippen LogP contribution is 2.33. The summed E-state index contributed by atoms with van der Waals surface area (Å²) in [5, 5.41) is 0. The fourth-order valence-electron chi connectivity index (χ4n) is 2.20. The normalized spacial score (nSPS) is 32.1. The van der Waals surface area contributed by atoms with Crippen molar-refractivity contribution < 1.29 is 4.74 Å². The molecule has 3 heteroatoms. The molecule has 0 aliphatic carbocycles. The third-order valence-electron chi connectivity index (χ3n) is 2.98. The summed E-state index contributed by atoms with van der Waals surface area (Å²) in [5.41, 5.74) is 3.13. The van der Waals surface area contributed by atoms with Gasteiger partial charge in [0, 0.05) is 18.6 Å². The van der Waals surface area contributed by atoms with Gasteiger partial charge in [0.1, 0.15) is 0 Å². The minimum absolute atomic E-state index is 0.196. The Morgan fingerprint density at radius 1 is 1.46 bits per heavy atom. The summed E-state index contributed by atoms with van der Waals surface area (Å²) in [4.78, 5) is 0. The molecule has 0 spiro atoms. The highest BCUT2D eigenvalue weighted by Gasteiger charge is 2.37. The number of nitrogens with two attached hydrogens (primary N) is 1. The third-order valence-corrected chi connectivity index (χ3v) is 2.98.